The number of carbonyl (C=O) groups is 1. The molecule has 1 heterocycles. The average molecular weight is 312 g/mol. The molecule has 0 aliphatic heterocycles. The van der Waals surface area contributed by atoms with Crippen LogP contribution in [0.3, 0.4) is 0 Å². The maximum absolute atomic E-state index is 13.5. The van der Waals surface area contributed by atoms with Gasteiger partial charge in [-0.15, -0.1) is 0 Å². The molecule has 2 rings (SSSR count). The third-order valence-corrected chi connectivity index (χ3v) is 3.08. The first kappa shape index (κ1) is 15.2. The molecule has 0 fully saturated rings. The second-order valence-electron chi connectivity index (χ2n) is 4.20. The molecule has 1 aromatic carbocycles. The Kier molecular flexibility index (Phi) is 4.70. The lowest BCUT2D eigenvalue weighted by Crippen LogP contribution is -2.25. The quantitative estimate of drug-likeness (QED) is 0.912. The van der Waals surface area contributed by atoms with Gasteiger partial charge in [0.15, 0.2) is 0 Å². The lowest BCUT2D eigenvalue weighted by atomic mass is 10.2. The lowest BCUT2D eigenvalue weighted by molar-refractivity contribution is 0.0946. The van der Waals surface area contributed by atoms with Crippen molar-refractivity contribution in [2.24, 2.45) is 0 Å². The Labute approximate surface area is 125 Å². The van der Waals surface area contributed by atoms with E-state index in [1.807, 2.05) is 0 Å². The van der Waals surface area contributed by atoms with Crippen molar-refractivity contribution in [2.75, 3.05) is 12.4 Å². The zero-order valence-electron chi connectivity index (χ0n) is 11.1. The summed E-state index contributed by atoms with van der Waals surface area (Å²) in [5, 5.41) is 5.46. The highest BCUT2D eigenvalue weighted by atomic mass is 35.5. The third kappa shape index (κ3) is 3.66. The van der Waals surface area contributed by atoms with Crippen LogP contribution < -0.4 is 10.6 Å². The molecule has 0 bridgehead atoms. The molecule has 4 nitrogen and oxygen atoms in total. The zero-order chi connectivity index (χ0) is 15.4. The maximum atomic E-state index is 13.5. The van der Waals surface area contributed by atoms with Gasteiger partial charge in [0.25, 0.3) is 5.91 Å². The van der Waals surface area contributed by atoms with Crippen molar-refractivity contribution >= 4 is 23.3 Å². The molecule has 0 saturated heterocycles. The van der Waals surface area contributed by atoms with Gasteiger partial charge in [0.2, 0.25) is 0 Å². The number of hydrogen-bond donors (Lipinski definition) is 2. The van der Waals surface area contributed by atoms with E-state index in [0.717, 1.165) is 12.1 Å². The zero-order valence-corrected chi connectivity index (χ0v) is 11.8. The van der Waals surface area contributed by atoms with Gasteiger partial charge in [-0.1, -0.05) is 17.7 Å². The molecule has 1 amide bonds. The first-order valence-corrected chi connectivity index (χ1v) is 6.45. The van der Waals surface area contributed by atoms with Gasteiger partial charge in [0.05, 0.1) is 5.02 Å². The SMILES string of the molecule is CNc1ccc(Cl)c(C(=O)NCc2ccc(F)cc2F)n1. The van der Waals surface area contributed by atoms with E-state index in [-0.39, 0.29) is 22.8 Å². The van der Waals surface area contributed by atoms with Crippen LogP contribution in [-0.2, 0) is 6.54 Å². The summed E-state index contributed by atoms with van der Waals surface area (Å²) in [6.07, 6.45) is 0. The summed E-state index contributed by atoms with van der Waals surface area (Å²) in [6, 6.07) is 6.31. The summed E-state index contributed by atoms with van der Waals surface area (Å²) in [4.78, 5) is 16.0. The van der Waals surface area contributed by atoms with Gasteiger partial charge in [0.1, 0.15) is 23.1 Å². The van der Waals surface area contributed by atoms with Crippen LogP contribution in [0, 0.1) is 11.6 Å². The highest BCUT2D eigenvalue weighted by Gasteiger charge is 2.13. The second-order valence-corrected chi connectivity index (χ2v) is 4.60. The molecule has 0 aliphatic rings. The molecular formula is C14H12ClF2N3O. The summed E-state index contributed by atoms with van der Waals surface area (Å²) in [7, 11) is 1.66. The van der Waals surface area contributed by atoms with Crippen LogP contribution in [-0.4, -0.2) is 17.9 Å². The number of halogens is 3. The molecule has 21 heavy (non-hydrogen) atoms. The normalized spacial score (nSPS) is 10.3. The minimum absolute atomic E-state index is 0.0334. The average Bonchev–Trinajstić information content (AvgIpc) is 2.46. The van der Waals surface area contributed by atoms with Crippen LogP contribution in [0.4, 0.5) is 14.6 Å². The number of hydrogen-bond acceptors (Lipinski definition) is 3. The van der Waals surface area contributed by atoms with E-state index in [1.54, 1.807) is 13.1 Å². The molecule has 110 valence electrons. The van der Waals surface area contributed by atoms with Crippen molar-refractivity contribution in [2.45, 2.75) is 6.54 Å². The predicted molar refractivity (Wildman–Crippen MR) is 76.3 cm³/mol. The smallest absolute Gasteiger partial charge is 0.271 e. The van der Waals surface area contributed by atoms with E-state index < -0.39 is 17.5 Å². The molecular weight excluding hydrogens is 300 g/mol. The second kappa shape index (κ2) is 6.49. The van der Waals surface area contributed by atoms with Crippen LogP contribution in [0.5, 0.6) is 0 Å². The van der Waals surface area contributed by atoms with Crippen molar-refractivity contribution in [3.05, 3.63) is 58.2 Å². The predicted octanol–water partition coefficient (Wildman–Crippen LogP) is 2.98. The fourth-order valence-corrected chi connectivity index (χ4v) is 1.86. The van der Waals surface area contributed by atoms with Crippen LogP contribution in [0.15, 0.2) is 30.3 Å². The fraction of sp³-hybridized carbons (Fsp3) is 0.143. The minimum atomic E-state index is -0.724. The Bertz CT molecular complexity index is 679. The Morgan fingerprint density at radius 1 is 1.29 bits per heavy atom. The number of anilines is 1. The Hall–Kier alpha value is -2.21. The van der Waals surface area contributed by atoms with Gasteiger partial charge >= 0.3 is 0 Å². The van der Waals surface area contributed by atoms with E-state index in [9.17, 15) is 13.6 Å². The summed E-state index contributed by atoms with van der Waals surface area (Å²) in [5.74, 6) is -1.45. The number of benzene rings is 1. The molecule has 0 unspecified atom stereocenters. The highest BCUT2D eigenvalue weighted by molar-refractivity contribution is 6.33. The first-order valence-electron chi connectivity index (χ1n) is 6.07. The van der Waals surface area contributed by atoms with Gasteiger partial charge in [-0.05, 0) is 18.2 Å². The van der Waals surface area contributed by atoms with Crippen LogP contribution in [0.2, 0.25) is 5.02 Å². The first-order chi connectivity index (χ1) is 10.0. The summed E-state index contributed by atoms with van der Waals surface area (Å²) in [5.41, 5.74) is 0.205. The molecule has 0 spiro atoms. The summed E-state index contributed by atoms with van der Waals surface area (Å²) < 4.78 is 26.2. The van der Waals surface area contributed by atoms with Crippen molar-refractivity contribution in [1.82, 2.24) is 10.3 Å². The van der Waals surface area contributed by atoms with Gasteiger partial charge < -0.3 is 10.6 Å². The molecule has 0 atom stereocenters. The topological polar surface area (TPSA) is 54.0 Å². The number of carbonyl (C=O) groups excluding carboxylic acids is 1. The Balaban J connectivity index is 2.11. The Morgan fingerprint density at radius 2 is 2.05 bits per heavy atom. The molecule has 0 aliphatic carbocycles. The van der Waals surface area contributed by atoms with Gasteiger partial charge in [0, 0.05) is 25.2 Å². The van der Waals surface area contributed by atoms with E-state index in [2.05, 4.69) is 15.6 Å². The Morgan fingerprint density at radius 3 is 2.71 bits per heavy atom. The maximum Gasteiger partial charge on any atom is 0.271 e. The number of nitrogens with zero attached hydrogens (tertiary/aromatic N) is 1. The van der Waals surface area contributed by atoms with E-state index >= 15 is 0 Å². The summed E-state index contributed by atoms with van der Waals surface area (Å²) in [6.45, 7) is -0.0905. The van der Waals surface area contributed by atoms with Crippen LogP contribution in [0.25, 0.3) is 0 Å². The molecule has 0 saturated carbocycles. The number of nitrogens with one attached hydrogen (secondary N) is 2. The monoisotopic (exact) mass is 311 g/mol. The molecule has 1 aromatic heterocycles. The van der Waals surface area contributed by atoms with Crippen molar-refractivity contribution in [3.8, 4) is 0 Å². The lowest BCUT2D eigenvalue weighted by Gasteiger charge is -2.08. The van der Waals surface area contributed by atoms with Crippen LogP contribution in [0.1, 0.15) is 16.1 Å². The van der Waals surface area contributed by atoms with E-state index in [0.29, 0.717) is 5.82 Å². The standard InChI is InChI=1S/C14H12ClF2N3O/c1-18-12-5-4-10(15)13(20-12)14(21)19-7-8-2-3-9(16)6-11(8)17/h2-6H,7H2,1H3,(H,18,20)(H,19,21). The largest absolute Gasteiger partial charge is 0.373 e. The number of amides is 1. The molecule has 2 N–H and O–H groups in total. The molecule has 7 heteroatoms. The van der Waals surface area contributed by atoms with Gasteiger partial charge in [-0.3, -0.25) is 4.79 Å². The minimum Gasteiger partial charge on any atom is -0.373 e. The van der Waals surface area contributed by atoms with Crippen molar-refractivity contribution < 1.29 is 13.6 Å². The van der Waals surface area contributed by atoms with Crippen molar-refractivity contribution in [1.29, 1.82) is 0 Å². The number of rotatable bonds is 4. The number of pyridine rings is 1. The van der Waals surface area contributed by atoms with Crippen molar-refractivity contribution in [3.63, 3.8) is 0 Å². The van der Waals surface area contributed by atoms with Crippen LogP contribution >= 0.6 is 11.6 Å². The molecule has 0 radical (unpaired) electrons. The molecule has 2 aromatic rings. The van der Waals surface area contributed by atoms with E-state index in [4.69, 9.17) is 11.6 Å². The summed E-state index contributed by atoms with van der Waals surface area (Å²) >= 11 is 5.91. The third-order valence-electron chi connectivity index (χ3n) is 2.77. The van der Waals surface area contributed by atoms with Gasteiger partial charge in [-0.2, -0.15) is 0 Å². The highest BCUT2D eigenvalue weighted by Crippen LogP contribution is 2.17. The van der Waals surface area contributed by atoms with Gasteiger partial charge in [-0.25, -0.2) is 13.8 Å². The van der Waals surface area contributed by atoms with E-state index in [1.165, 1.54) is 12.1 Å². The fourth-order valence-electron chi connectivity index (χ4n) is 1.66. The number of aromatic nitrogens is 1.